The second-order valence-corrected chi connectivity index (χ2v) is 2.75. The van der Waals surface area contributed by atoms with E-state index in [0.717, 1.165) is 0 Å². The van der Waals surface area contributed by atoms with Gasteiger partial charge < -0.3 is 10.5 Å². The van der Waals surface area contributed by atoms with Crippen LogP contribution in [-0.4, -0.2) is 21.8 Å². The van der Waals surface area contributed by atoms with Crippen LogP contribution >= 0.6 is 0 Å². The number of hydrogen-bond acceptors (Lipinski definition) is 4. The molecule has 2 N–H and O–H groups in total. The summed E-state index contributed by atoms with van der Waals surface area (Å²) in [6, 6.07) is -0.861. The van der Waals surface area contributed by atoms with Gasteiger partial charge in [-0.2, -0.15) is 4.68 Å². The second kappa shape index (κ2) is 3.42. The van der Waals surface area contributed by atoms with Crippen molar-refractivity contribution in [3.63, 3.8) is 0 Å². The molecular weight excluding hydrogens is 176 g/mol. The Hall–Kier alpha value is -1.59. The number of aromatic nitrogens is 1. The van der Waals surface area contributed by atoms with Crippen molar-refractivity contribution >= 4 is 5.97 Å². The van der Waals surface area contributed by atoms with E-state index in [4.69, 9.17) is 5.11 Å². The van der Waals surface area contributed by atoms with Gasteiger partial charge in [0.2, 0.25) is 0 Å². The Bertz CT molecular complexity index is 349. The molecule has 0 aliphatic rings. The van der Waals surface area contributed by atoms with Gasteiger partial charge in [-0.15, -0.1) is 0 Å². The first-order valence-electron chi connectivity index (χ1n) is 3.95. The highest BCUT2D eigenvalue weighted by Gasteiger charge is 2.23. The number of rotatable bonds is 5. The van der Waals surface area contributed by atoms with Gasteiger partial charge in [-0.05, 0) is 6.42 Å². The van der Waals surface area contributed by atoms with Crippen LogP contribution in [0.2, 0.25) is 0 Å². The fourth-order valence-corrected chi connectivity index (χ4v) is 0.940. The molecule has 1 atom stereocenters. The Kier molecular flexibility index (Phi) is 2.50. The quantitative estimate of drug-likeness (QED) is 0.569. The molecule has 0 amide bonds. The fourth-order valence-electron chi connectivity index (χ4n) is 0.940. The van der Waals surface area contributed by atoms with Crippen molar-refractivity contribution in [2.24, 2.45) is 0 Å². The molecule has 0 aromatic carbocycles. The number of carboxylic acid groups (broad SMARTS) is 1. The Morgan fingerprint density at radius 2 is 2.08 bits per heavy atom. The van der Waals surface area contributed by atoms with Crippen LogP contribution in [0.15, 0.2) is 9.59 Å². The maximum atomic E-state index is 10.6. The smallest absolute Gasteiger partial charge is 0.340 e. The molecule has 0 spiro atoms. The van der Waals surface area contributed by atoms with Crippen molar-refractivity contribution in [2.75, 3.05) is 5.43 Å². The fraction of sp³-hybridized carbons (Fsp3) is 0.571. The largest absolute Gasteiger partial charge is 0.480 e. The monoisotopic (exact) mass is 186 g/mol. The van der Waals surface area contributed by atoms with Crippen LogP contribution in [-0.2, 0) is 4.79 Å². The molecule has 1 rings (SSSR count). The number of carbonyl (C=O) groups is 1. The molecule has 0 aliphatic heterocycles. The summed E-state index contributed by atoms with van der Waals surface area (Å²) in [4.78, 5) is 31.6. The lowest BCUT2D eigenvalue weighted by atomic mass is 10.2. The maximum Gasteiger partial charge on any atom is 0.340 e. The van der Waals surface area contributed by atoms with Crippen LogP contribution in [0.4, 0.5) is 0 Å². The van der Waals surface area contributed by atoms with Gasteiger partial charge in [-0.1, -0.05) is 13.3 Å². The van der Waals surface area contributed by atoms with Crippen molar-refractivity contribution in [1.29, 1.82) is 0 Å². The molecule has 1 heterocycles. The summed E-state index contributed by atoms with van der Waals surface area (Å²) in [7, 11) is 0. The predicted molar refractivity (Wildman–Crippen MR) is 45.0 cm³/mol. The van der Waals surface area contributed by atoms with E-state index in [2.05, 4.69) is 5.43 Å². The molecule has 0 saturated carbocycles. The van der Waals surface area contributed by atoms with Gasteiger partial charge in [-0.3, -0.25) is 9.59 Å². The number of nitrogens with zero attached hydrogens (tertiary/aromatic N) is 1. The van der Waals surface area contributed by atoms with E-state index in [0.29, 0.717) is 17.5 Å². The number of nitrogens with one attached hydrogen (secondary N) is 1. The van der Waals surface area contributed by atoms with Gasteiger partial charge in [0.25, 0.3) is 0 Å². The Labute approximate surface area is 73.5 Å². The molecule has 0 bridgehead atoms. The zero-order chi connectivity index (χ0) is 10.0. The van der Waals surface area contributed by atoms with Crippen LogP contribution in [0.1, 0.15) is 19.8 Å². The summed E-state index contributed by atoms with van der Waals surface area (Å²) >= 11 is 0. The summed E-state index contributed by atoms with van der Waals surface area (Å²) in [5.41, 5.74) is 0.969. The van der Waals surface area contributed by atoms with Crippen LogP contribution < -0.4 is 16.5 Å². The third-order valence-electron chi connectivity index (χ3n) is 1.70. The van der Waals surface area contributed by atoms with Crippen molar-refractivity contribution in [3.05, 3.63) is 20.7 Å². The number of aliphatic carboxylic acids is 1. The summed E-state index contributed by atoms with van der Waals surface area (Å²) in [6.07, 6.45) is 1.05. The van der Waals surface area contributed by atoms with E-state index in [1.165, 1.54) is 0 Å². The summed E-state index contributed by atoms with van der Waals surface area (Å²) in [5.74, 6) is -1.06. The van der Waals surface area contributed by atoms with Crippen LogP contribution in [0.5, 0.6) is 0 Å². The SMILES string of the molecule is CCCC(Nn1c(=O)c1=O)C(=O)O. The van der Waals surface area contributed by atoms with Gasteiger partial charge in [-0.25, -0.2) is 4.79 Å². The molecule has 1 aromatic heterocycles. The summed E-state index contributed by atoms with van der Waals surface area (Å²) in [5, 5.41) is 8.64. The highest BCUT2D eigenvalue weighted by Crippen LogP contribution is 1.97. The average molecular weight is 186 g/mol. The third-order valence-corrected chi connectivity index (χ3v) is 1.70. The second-order valence-electron chi connectivity index (χ2n) is 2.75. The van der Waals surface area contributed by atoms with Gasteiger partial charge >= 0.3 is 17.1 Å². The van der Waals surface area contributed by atoms with Gasteiger partial charge in [0.1, 0.15) is 6.04 Å². The molecule has 0 saturated heterocycles. The summed E-state index contributed by atoms with van der Waals surface area (Å²) < 4.78 is 0.717. The zero-order valence-corrected chi connectivity index (χ0v) is 7.11. The molecule has 13 heavy (non-hydrogen) atoms. The first-order valence-corrected chi connectivity index (χ1v) is 3.95. The molecule has 72 valence electrons. The Morgan fingerprint density at radius 1 is 1.54 bits per heavy atom. The van der Waals surface area contributed by atoms with E-state index in [-0.39, 0.29) is 0 Å². The molecule has 1 unspecified atom stereocenters. The highest BCUT2D eigenvalue weighted by molar-refractivity contribution is 5.74. The van der Waals surface area contributed by atoms with Crippen molar-refractivity contribution in [1.82, 2.24) is 4.68 Å². The van der Waals surface area contributed by atoms with E-state index in [1.54, 1.807) is 0 Å². The molecule has 6 nitrogen and oxygen atoms in total. The third kappa shape index (κ3) is 1.95. The Balaban J connectivity index is 2.59. The molecule has 0 radical (unpaired) electrons. The highest BCUT2D eigenvalue weighted by atomic mass is 16.4. The molecule has 6 heteroatoms. The van der Waals surface area contributed by atoms with Crippen LogP contribution in [0, 0.1) is 0 Å². The van der Waals surface area contributed by atoms with Gasteiger partial charge in [0, 0.05) is 0 Å². The van der Waals surface area contributed by atoms with Crippen molar-refractivity contribution < 1.29 is 9.90 Å². The normalized spacial score (nSPS) is 13.0. The predicted octanol–water partition coefficient (Wildman–Crippen LogP) is -1.12. The summed E-state index contributed by atoms with van der Waals surface area (Å²) in [6.45, 7) is 1.82. The van der Waals surface area contributed by atoms with E-state index >= 15 is 0 Å². The lowest BCUT2D eigenvalue weighted by Crippen LogP contribution is -2.34. The van der Waals surface area contributed by atoms with Gasteiger partial charge in [0.05, 0.1) is 0 Å². The van der Waals surface area contributed by atoms with Crippen LogP contribution in [0.25, 0.3) is 0 Å². The first kappa shape index (κ1) is 9.50. The van der Waals surface area contributed by atoms with E-state index in [9.17, 15) is 14.4 Å². The minimum Gasteiger partial charge on any atom is -0.480 e. The lowest BCUT2D eigenvalue weighted by Gasteiger charge is -2.10. The van der Waals surface area contributed by atoms with Gasteiger partial charge in [0.15, 0.2) is 0 Å². The number of hydrogen-bond donors (Lipinski definition) is 2. The zero-order valence-electron chi connectivity index (χ0n) is 7.11. The standard InChI is InChI=1S/C7H10N2O4/c1-2-3-4(7(12)13)8-9-5(10)6(9)11/h4,8H,2-3H2,1H3,(H,12,13). The first-order chi connectivity index (χ1) is 6.07. The minimum atomic E-state index is -1.06. The van der Waals surface area contributed by atoms with Crippen molar-refractivity contribution in [2.45, 2.75) is 25.8 Å². The van der Waals surface area contributed by atoms with Crippen LogP contribution in [0.3, 0.4) is 0 Å². The van der Waals surface area contributed by atoms with E-state index in [1.807, 2.05) is 6.92 Å². The van der Waals surface area contributed by atoms with E-state index < -0.39 is 23.1 Å². The lowest BCUT2D eigenvalue weighted by molar-refractivity contribution is -0.138. The Morgan fingerprint density at radius 3 is 2.38 bits per heavy atom. The molecule has 0 aliphatic carbocycles. The average Bonchev–Trinajstić information content (AvgIpc) is 2.61. The van der Waals surface area contributed by atoms with Crippen molar-refractivity contribution in [3.8, 4) is 0 Å². The maximum absolute atomic E-state index is 10.6. The molecule has 1 aromatic rings. The minimum absolute atomic E-state index is 0.381. The molecular formula is C7H10N2O4. The topological polar surface area (TPSA) is 88.4 Å². The number of carboxylic acids is 1. The molecule has 0 fully saturated rings.